The van der Waals surface area contributed by atoms with Gasteiger partial charge in [0.25, 0.3) is 5.91 Å². The minimum absolute atomic E-state index is 0.429. The van der Waals surface area contributed by atoms with Gasteiger partial charge >= 0.3 is 0 Å². The summed E-state index contributed by atoms with van der Waals surface area (Å²) in [6.07, 6.45) is 3.22. The highest BCUT2D eigenvalue weighted by Crippen LogP contribution is 2.31. The SMILES string of the molecule is NC(=O)C(O)(c1ccccc1)c1ccc(-c2ccoc2)cc1. The topological polar surface area (TPSA) is 76.5 Å². The molecule has 0 aliphatic rings. The fraction of sp³-hybridized carbons (Fsp3) is 0.0556. The molecule has 3 aromatic rings. The maximum absolute atomic E-state index is 11.9. The van der Waals surface area contributed by atoms with Gasteiger partial charge in [-0.1, -0.05) is 54.6 Å². The largest absolute Gasteiger partial charge is 0.472 e. The Morgan fingerprint density at radius 3 is 2.09 bits per heavy atom. The van der Waals surface area contributed by atoms with Gasteiger partial charge in [0.05, 0.1) is 12.5 Å². The summed E-state index contributed by atoms with van der Waals surface area (Å²) >= 11 is 0. The van der Waals surface area contributed by atoms with Gasteiger partial charge in [0.2, 0.25) is 0 Å². The van der Waals surface area contributed by atoms with Crippen LogP contribution in [0.4, 0.5) is 0 Å². The van der Waals surface area contributed by atoms with Gasteiger partial charge in [-0.3, -0.25) is 4.79 Å². The first-order chi connectivity index (χ1) is 10.6. The van der Waals surface area contributed by atoms with Gasteiger partial charge in [0, 0.05) is 5.56 Å². The number of carbonyl (C=O) groups excluding carboxylic acids is 1. The standard InChI is InChI=1S/C18H15NO3/c19-17(20)18(21,15-4-2-1-3-5-15)16-8-6-13(7-9-16)14-10-11-22-12-14/h1-12,21H,(H2,19,20). The summed E-state index contributed by atoms with van der Waals surface area (Å²) in [6, 6.07) is 17.5. The minimum atomic E-state index is -1.85. The lowest BCUT2D eigenvalue weighted by Gasteiger charge is -2.25. The van der Waals surface area contributed by atoms with Crippen LogP contribution in [0.15, 0.2) is 77.6 Å². The quantitative estimate of drug-likeness (QED) is 0.776. The van der Waals surface area contributed by atoms with Crippen LogP contribution in [0.5, 0.6) is 0 Å². The van der Waals surface area contributed by atoms with Crippen LogP contribution in [-0.2, 0) is 10.4 Å². The Kier molecular flexibility index (Phi) is 3.53. The second-order valence-electron chi connectivity index (χ2n) is 5.03. The molecule has 0 spiro atoms. The summed E-state index contributed by atoms with van der Waals surface area (Å²) in [4.78, 5) is 11.9. The average molecular weight is 293 g/mol. The van der Waals surface area contributed by atoms with Gasteiger partial charge in [-0.25, -0.2) is 0 Å². The van der Waals surface area contributed by atoms with E-state index in [-0.39, 0.29) is 0 Å². The summed E-state index contributed by atoms with van der Waals surface area (Å²) in [6.45, 7) is 0. The van der Waals surface area contributed by atoms with Crippen molar-refractivity contribution in [1.29, 1.82) is 0 Å². The van der Waals surface area contributed by atoms with Gasteiger partial charge in [-0.2, -0.15) is 0 Å². The van der Waals surface area contributed by atoms with Gasteiger partial charge in [-0.05, 0) is 22.8 Å². The number of nitrogens with two attached hydrogens (primary N) is 1. The van der Waals surface area contributed by atoms with Crippen molar-refractivity contribution in [3.05, 3.63) is 84.3 Å². The van der Waals surface area contributed by atoms with E-state index in [0.29, 0.717) is 11.1 Å². The second-order valence-corrected chi connectivity index (χ2v) is 5.03. The summed E-state index contributed by atoms with van der Waals surface area (Å²) in [7, 11) is 0. The zero-order valence-corrected chi connectivity index (χ0v) is 11.8. The van der Waals surface area contributed by atoms with Crippen LogP contribution in [0, 0.1) is 0 Å². The summed E-state index contributed by atoms with van der Waals surface area (Å²) in [5, 5.41) is 10.9. The zero-order valence-electron chi connectivity index (χ0n) is 11.8. The Morgan fingerprint density at radius 2 is 1.55 bits per heavy atom. The van der Waals surface area contributed by atoms with Crippen LogP contribution in [0.3, 0.4) is 0 Å². The Labute approximate surface area is 127 Å². The molecule has 1 heterocycles. The van der Waals surface area contributed by atoms with Crippen LogP contribution in [0.1, 0.15) is 11.1 Å². The second kappa shape index (κ2) is 5.50. The van der Waals surface area contributed by atoms with Crippen molar-refractivity contribution in [2.75, 3.05) is 0 Å². The molecule has 3 rings (SSSR count). The van der Waals surface area contributed by atoms with E-state index in [9.17, 15) is 9.90 Å². The molecule has 1 aromatic heterocycles. The van der Waals surface area contributed by atoms with E-state index in [4.69, 9.17) is 10.2 Å². The average Bonchev–Trinajstić information content (AvgIpc) is 3.09. The van der Waals surface area contributed by atoms with Gasteiger partial charge in [0.15, 0.2) is 5.60 Å². The number of carbonyl (C=O) groups is 1. The minimum Gasteiger partial charge on any atom is -0.472 e. The molecule has 0 bridgehead atoms. The molecule has 4 nitrogen and oxygen atoms in total. The normalized spacial score (nSPS) is 13.5. The van der Waals surface area contributed by atoms with E-state index in [2.05, 4.69) is 0 Å². The Balaban J connectivity index is 2.05. The highest BCUT2D eigenvalue weighted by Gasteiger charge is 2.37. The first-order valence-corrected chi connectivity index (χ1v) is 6.83. The lowest BCUT2D eigenvalue weighted by Crippen LogP contribution is -2.42. The molecule has 2 aromatic carbocycles. The third-order valence-electron chi connectivity index (χ3n) is 3.71. The van der Waals surface area contributed by atoms with Gasteiger partial charge in [-0.15, -0.1) is 0 Å². The number of benzene rings is 2. The highest BCUT2D eigenvalue weighted by molar-refractivity contribution is 5.88. The van der Waals surface area contributed by atoms with Crippen molar-refractivity contribution in [3.63, 3.8) is 0 Å². The maximum atomic E-state index is 11.9. The molecule has 1 amide bonds. The molecule has 0 saturated carbocycles. The van der Waals surface area contributed by atoms with Crippen LogP contribution < -0.4 is 5.73 Å². The zero-order chi connectivity index (χ0) is 15.6. The molecule has 110 valence electrons. The molecular formula is C18H15NO3. The van der Waals surface area contributed by atoms with Crippen molar-refractivity contribution >= 4 is 5.91 Å². The first-order valence-electron chi connectivity index (χ1n) is 6.83. The number of amides is 1. The fourth-order valence-corrected chi connectivity index (χ4v) is 2.46. The molecule has 1 atom stereocenters. The van der Waals surface area contributed by atoms with E-state index in [1.165, 1.54) is 0 Å². The Bertz CT molecular complexity index is 764. The predicted octanol–water partition coefficient (Wildman–Crippen LogP) is 2.67. The summed E-state index contributed by atoms with van der Waals surface area (Å²) < 4.78 is 5.05. The van der Waals surface area contributed by atoms with Crippen LogP contribution in [0.2, 0.25) is 0 Å². The Hall–Kier alpha value is -2.85. The first kappa shape index (κ1) is 14.1. The Morgan fingerprint density at radius 1 is 0.909 bits per heavy atom. The van der Waals surface area contributed by atoms with Crippen molar-refractivity contribution in [3.8, 4) is 11.1 Å². The van der Waals surface area contributed by atoms with Crippen molar-refractivity contribution in [2.24, 2.45) is 5.73 Å². The number of rotatable bonds is 4. The molecule has 0 fully saturated rings. The monoisotopic (exact) mass is 293 g/mol. The molecule has 3 N–H and O–H groups in total. The molecule has 0 saturated heterocycles. The molecule has 22 heavy (non-hydrogen) atoms. The maximum Gasteiger partial charge on any atom is 0.258 e. The fourth-order valence-electron chi connectivity index (χ4n) is 2.46. The number of furan rings is 1. The van der Waals surface area contributed by atoms with E-state index in [1.54, 1.807) is 48.9 Å². The summed E-state index contributed by atoms with van der Waals surface area (Å²) in [5.74, 6) is -0.810. The van der Waals surface area contributed by atoms with Gasteiger partial charge < -0.3 is 15.3 Å². The molecular weight excluding hydrogens is 278 g/mol. The third-order valence-corrected chi connectivity index (χ3v) is 3.71. The molecule has 1 unspecified atom stereocenters. The van der Waals surface area contributed by atoms with Crippen molar-refractivity contribution in [1.82, 2.24) is 0 Å². The third kappa shape index (κ3) is 2.29. The van der Waals surface area contributed by atoms with Crippen molar-refractivity contribution < 1.29 is 14.3 Å². The van der Waals surface area contributed by atoms with E-state index in [1.807, 2.05) is 24.3 Å². The number of hydrogen-bond acceptors (Lipinski definition) is 3. The molecule has 0 radical (unpaired) electrons. The van der Waals surface area contributed by atoms with Crippen molar-refractivity contribution in [2.45, 2.75) is 5.60 Å². The van der Waals surface area contributed by atoms with E-state index >= 15 is 0 Å². The summed E-state index contributed by atoms with van der Waals surface area (Å²) in [5.41, 5.74) is 6.34. The lowest BCUT2D eigenvalue weighted by atomic mass is 9.85. The molecule has 0 aliphatic carbocycles. The van der Waals surface area contributed by atoms with Crippen LogP contribution in [-0.4, -0.2) is 11.0 Å². The number of hydrogen-bond donors (Lipinski definition) is 2. The molecule has 0 aliphatic heterocycles. The molecule has 4 heteroatoms. The predicted molar refractivity (Wildman–Crippen MR) is 82.8 cm³/mol. The van der Waals surface area contributed by atoms with Crippen LogP contribution in [0.25, 0.3) is 11.1 Å². The highest BCUT2D eigenvalue weighted by atomic mass is 16.3. The number of primary amides is 1. The van der Waals surface area contributed by atoms with Crippen LogP contribution >= 0.6 is 0 Å². The lowest BCUT2D eigenvalue weighted by molar-refractivity contribution is -0.133. The smallest absolute Gasteiger partial charge is 0.258 e. The number of aliphatic hydroxyl groups is 1. The van der Waals surface area contributed by atoms with Gasteiger partial charge in [0.1, 0.15) is 0 Å². The van der Waals surface area contributed by atoms with E-state index < -0.39 is 11.5 Å². The van der Waals surface area contributed by atoms with E-state index in [0.717, 1.165) is 11.1 Å².